The minimum absolute atomic E-state index is 0.106. The molecule has 2 aliphatic rings. The highest BCUT2D eigenvalue weighted by molar-refractivity contribution is 7.92. The highest BCUT2D eigenvalue weighted by Gasteiger charge is 2.52. The second-order valence-electron chi connectivity index (χ2n) is 7.87. The quantitative estimate of drug-likeness (QED) is 0.770. The summed E-state index contributed by atoms with van der Waals surface area (Å²) in [5.41, 5.74) is -0.675. The lowest BCUT2D eigenvalue weighted by Crippen LogP contribution is -2.51. The Morgan fingerprint density at radius 2 is 1.62 bits per heavy atom. The van der Waals surface area contributed by atoms with Gasteiger partial charge in [-0.3, -0.25) is 4.90 Å². The van der Waals surface area contributed by atoms with E-state index in [0.29, 0.717) is 12.3 Å². The average Bonchev–Trinajstić information content (AvgIpc) is 2.80. The highest BCUT2D eigenvalue weighted by atomic mass is 32.2. The zero-order valence-electron chi connectivity index (χ0n) is 14.7. The van der Waals surface area contributed by atoms with Gasteiger partial charge in [0.25, 0.3) is 0 Å². The van der Waals surface area contributed by atoms with Crippen molar-refractivity contribution < 1.29 is 31.1 Å². The van der Waals surface area contributed by atoms with E-state index in [1.807, 2.05) is 13.8 Å². The molecule has 2 saturated heterocycles. The number of hydrogen-bond donors (Lipinski definition) is 0. The molecule has 2 fully saturated rings. The summed E-state index contributed by atoms with van der Waals surface area (Å²) < 4.78 is 69.3. The molecule has 0 radical (unpaired) electrons. The van der Waals surface area contributed by atoms with Gasteiger partial charge in [-0.2, -0.15) is 0 Å². The van der Waals surface area contributed by atoms with Crippen molar-refractivity contribution in [2.24, 2.45) is 5.41 Å². The molecule has 5 nitrogen and oxygen atoms in total. The van der Waals surface area contributed by atoms with Crippen LogP contribution in [-0.2, 0) is 9.84 Å². The maximum atomic E-state index is 12.2. The van der Waals surface area contributed by atoms with Crippen molar-refractivity contribution in [3.63, 3.8) is 0 Å². The summed E-state index contributed by atoms with van der Waals surface area (Å²) in [4.78, 5) is 2.19. The summed E-state index contributed by atoms with van der Waals surface area (Å²) in [6, 6.07) is 5.30. The van der Waals surface area contributed by atoms with E-state index in [2.05, 4.69) is 9.64 Å². The first kappa shape index (κ1) is 19.3. The van der Waals surface area contributed by atoms with Crippen LogP contribution in [0.3, 0.4) is 0 Å². The normalized spacial score (nSPS) is 22.2. The topological polar surface area (TPSA) is 55.8 Å². The van der Waals surface area contributed by atoms with Gasteiger partial charge in [0.15, 0.2) is 9.84 Å². The van der Waals surface area contributed by atoms with E-state index in [1.165, 1.54) is 24.3 Å². The fourth-order valence-corrected chi connectivity index (χ4v) is 6.14. The second kappa shape index (κ2) is 6.30. The van der Waals surface area contributed by atoms with Crippen LogP contribution in [0.5, 0.6) is 11.5 Å². The Bertz CT molecular complexity index is 747. The van der Waals surface area contributed by atoms with Gasteiger partial charge in [-0.25, -0.2) is 8.42 Å². The Balaban J connectivity index is 1.54. The number of alkyl halides is 3. The van der Waals surface area contributed by atoms with E-state index < -0.39 is 21.8 Å². The van der Waals surface area contributed by atoms with Gasteiger partial charge >= 0.3 is 6.36 Å². The largest absolute Gasteiger partial charge is 0.573 e. The first-order valence-electron chi connectivity index (χ1n) is 8.33. The van der Waals surface area contributed by atoms with Crippen LogP contribution in [0.25, 0.3) is 0 Å². The predicted octanol–water partition coefficient (Wildman–Crippen LogP) is 2.86. The van der Waals surface area contributed by atoms with E-state index in [-0.39, 0.29) is 22.7 Å². The second-order valence-corrected chi connectivity index (χ2v) is 9.94. The van der Waals surface area contributed by atoms with E-state index in [9.17, 15) is 21.6 Å². The smallest absolute Gasteiger partial charge is 0.487 e. The predicted molar refractivity (Wildman–Crippen MR) is 90.0 cm³/mol. The fraction of sp³-hybridized carbons (Fsp3) is 0.647. The van der Waals surface area contributed by atoms with Gasteiger partial charge in [0, 0.05) is 18.5 Å². The van der Waals surface area contributed by atoms with Crippen molar-refractivity contribution in [2.75, 3.05) is 31.1 Å². The fourth-order valence-electron chi connectivity index (χ4n) is 3.89. The molecule has 26 heavy (non-hydrogen) atoms. The van der Waals surface area contributed by atoms with Crippen molar-refractivity contribution in [3.8, 4) is 11.5 Å². The number of rotatable bonds is 5. The minimum atomic E-state index is -4.72. The molecule has 3 rings (SSSR count). The third kappa shape index (κ3) is 4.82. The number of nitrogens with zero attached hydrogens (tertiary/aromatic N) is 1. The average molecular weight is 393 g/mol. The van der Waals surface area contributed by atoms with Crippen LogP contribution in [0.1, 0.15) is 20.3 Å². The minimum Gasteiger partial charge on any atom is -0.487 e. The molecular weight excluding hydrogens is 371 g/mol. The summed E-state index contributed by atoms with van der Waals surface area (Å²) in [5.74, 6) is 0.677. The van der Waals surface area contributed by atoms with Crippen molar-refractivity contribution in [1.29, 1.82) is 0 Å². The third-order valence-electron chi connectivity index (χ3n) is 4.63. The Morgan fingerprint density at radius 3 is 2.12 bits per heavy atom. The van der Waals surface area contributed by atoms with Crippen molar-refractivity contribution in [1.82, 2.24) is 4.90 Å². The molecule has 0 amide bonds. The molecule has 1 aromatic carbocycles. The molecule has 1 aromatic rings. The van der Waals surface area contributed by atoms with Crippen LogP contribution in [0.15, 0.2) is 24.3 Å². The Morgan fingerprint density at radius 1 is 1.08 bits per heavy atom. The van der Waals surface area contributed by atoms with Gasteiger partial charge < -0.3 is 9.47 Å². The molecule has 9 heteroatoms. The first-order chi connectivity index (χ1) is 11.9. The molecule has 0 unspecified atom stereocenters. The lowest BCUT2D eigenvalue weighted by molar-refractivity contribution is -0.274. The Labute approximate surface area is 151 Å². The molecule has 146 valence electrons. The van der Waals surface area contributed by atoms with Gasteiger partial charge in [0.2, 0.25) is 0 Å². The van der Waals surface area contributed by atoms with E-state index in [1.54, 1.807) is 0 Å². The van der Waals surface area contributed by atoms with Crippen LogP contribution in [0, 0.1) is 5.41 Å². The maximum absolute atomic E-state index is 12.2. The Kier molecular flexibility index (Phi) is 4.67. The lowest BCUT2D eigenvalue weighted by Gasteiger charge is -2.38. The van der Waals surface area contributed by atoms with E-state index in [4.69, 9.17) is 4.74 Å². The molecule has 0 atom stereocenters. The van der Waals surface area contributed by atoms with Gasteiger partial charge in [0.05, 0.1) is 11.5 Å². The van der Waals surface area contributed by atoms with Crippen LogP contribution in [-0.4, -0.2) is 56.4 Å². The number of halogens is 3. The summed E-state index contributed by atoms with van der Waals surface area (Å²) in [7, 11) is -2.86. The Hall–Kier alpha value is -1.48. The molecule has 0 saturated carbocycles. The number of ether oxygens (including phenoxy) is 2. The molecule has 0 aliphatic carbocycles. The molecule has 2 heterocycles. The summed E-state index contributed by atoms with van der Waals surface area (Å²) in [5, 5.41) is 0. The monoisotopic (exact) mass is 393 g/mol. The maximum Gasteiger partial charge on any atom is 0.573 e. The van der Waals surface area contributed by atoms with Crippen molar-refractivity contribution >= 4 is 9.84 Å². The van der Waals surface area contributed by atoms with Gasteiger partial charge in [-0.1, -0.05) is 0 Å². The summed E-state index contributed by atoms with van der Waals surface area (Å²) in [6.45, 7) is 5.96. The third-order valence-corrected chi connectivity index (χ3v) is 6.73. The van der Waals surface area contributed by atoms with Gasteiger partial charge in [-0.15, -0.1) is 13.2 Å². The summed E-state index contributed by atoms with van der Waals surface area (Å²) >= 11 is 0. The highest BCUT2D eigenvalue weighted by Crippen LogP contribution is 2.41. The molecule has 0 N–H and O–H groups in total. The molecule has 1 spiro atoms. The molecule has 0 bridgehead atoms. The van der Waals surface area contributed by atoms with Crippen LogP contribution in [0.4, 0.5) is 13.2 Å². The van der Waals surface area contributed by atoms with Crippen LogP contribution >= 0.6 is 0 Å². The van der Waals surface area contributed by atoms with E-state index >= 15 is 0 Å². The summed E-state index contributed by atoms with van der Waals surface area (Å²) in [6.07, 6.45) is -3.85. The van der Waals surface area contributed by atoms with Crippen LogP contribution in [0.2, 0.25) is 0 Å². The van der Waals surface area contributed by atoms with Crippen molar-refractivity contribution in [3.05, 3.63) is 24.3 Å². The molecular formula is C17H22F3NO4S. The van der Waals surface area contributed by atoms with Crippen LogP contribution < -0.4 is 9.47 Å². The SMILES string of the molecule is CC(C)(CN1CCC2(C1)CS(=O)(=O)C2)Oc1ccc(OC(F)(F)F)cc1. The lowest BCUT2D eigenvalue weighted by atomic mass is 9.91. The molecule has 0 aromatic heterocycles. The number of benzene rings is 1. The number of sulfone groups is 1. The van der Waals surface area contributed by atoms with Gasteiger partial charge in [0.1, 0.15) is 17.1 Å². The zero-order valence-corrected chi connectivity index (χ0v) is 15.5. The van der Waals surface area contributed by atoms with E-state index in [0.717, 1.165) is 19.5 Å². The van der Waals surface area contributed by atoms with Crippen molar-refractivity contribution in [2.45, 2.75) is 32.2 Å². The number of likely N-dealkylation sites (tertiary alicyclic amines) is 1. The number of hydrogen-bond acceptors (Lipinski definition) is 5. The van der Waals surface area contributed by atoms with Gasteiger partial charge in [-0.05, 0) is 51.1 Å². The standard InChI is InChI=1S/C17H22F3NO4S/c1-15(2,9-21-8-7-16(10-21)11-26(22,23)12-16)24-13-3-5-14(6-4-13)25-17(18,19)20/h3-6H,7-12H2,1-2H3. The first-order valence-corrected chi connectivity index (χ1v) is 10.2. The molecule has 2 aliphatic heterocycles. The zero-order chi connectivity index (χ0) is 19.2.